The van der Waals surface area contributed by atoms with Crippen molar-refractivity contribution in [3.05, 3.63) is 46.9 Å². The molecule has 2 heterocycles. The van der Waals surface area contributed by atoms with E-state index in [0.717, 1.165) is 29.5 Å². The Hall–Kier alpha value is -2.46. The van der Waals surface area contributed by atoms with Gasteiger partial charge in [-0.1, -0.05) is 23.4 Å². The Bertz CT molecular complexity index is 1060. The molecule has 3 rings (SSSR count). The van der Waals surface area contributed by atoms with Crippen molar-refractivity contribution in [2.45, 2.75) is 43.9 Å². The maximum absolute atomic E-state index is 13.3. The summed E-state index contributed by atoms with van der Waals surface area (Å²) in [6, 6.07) is 4.98. The predicted molar refractivity (Wildman–Crippen MR) is 109 cm³/mol. The van der Waals surface area contributed by atoms with E-state index < -0.39 is 22.9 Å². The van der Waals surface area contributed by atoms with E-state index in [1.54, 1.807) is 26.2 Å². The fourth-order valence-corrected chi connectivity index (χ4v) is 3.87. The summed E-state index contributed by atoms with van der Waals surface area (Å²) in [6.07, 6.45) is -3.10. The van der Waals surface area contributed by atoms with Crippen LogP contribution in [0.1, 0.15) is 25.2 Å². The molecule has 2 aromatic heterocycles. The van der Waals surface area contributed by atoms with Crippen molar-refractivity contribution in [2.75, 3.05) is 5.32 Å². The number of nitrogens with zero attached hydrogens (tertiary/aromatic N) is 3. The van der Waals surface area contributed by atoms with Crippen LogP contribution in [-0.2, 0) is 17.5 Å². The van der Waals surface area contributed by atoms with Crippen LogP contribution >= 0.6 is 23.4 Å². The first kappa shape index (κ1) is 22.2. The summed E-state index contributed by atoms with van der Waals surface area (Å²) < 4.78 is 46.9. The third-order valence-electron chi connectivity index (χ3n) is 4.33. The number of carbonyl (C=O) groups excluding carboxylic acids is 1. The average molecular weight is 459 g/mol. The van der Waals surface area contributed by atoms with Gasteiger partial charge in [0.25, 0.3) is 0 Å². The Morgan fingerprint density at radius 3 is 2.67 bits per heavy atom. The van der Waals surface area contributed by atoms with Crippen LogP contribution < -0.4 is 5.32 Å². The zero-order chi connectivity index (χ0) is 22.1. The first-order valence-electron chi connectivity index (χ1n) is 8.93. The highest BCUT2D eigenvalue weighted by molar-refractivity contribution is 8.00. The van der Waals surface area contributed by atoms with Gasteiger partial charge in [-0.25, -0.2) is 0 Å². The molecule has 1 unspecified atom stereocenters. The van der Waals surface area contributed by atoms with Gasteiger partial charge in [-0.3, -0.25) is 4.79 Å². The highest BCUT2D eigenvalue weighted by atomic mass is 35.5. The number of amides is 1. The number of hydrogen-bond acceptors (Lipinski definition) is 5. The number of benzene rings is 1. The summed E-state index contributed by atoms with van der Waals surface area (Å²) >= 11 is 6.78. The van der Waals surface area contributed by atoms with Gasteiger partial charge in [0.15, 0.2) is 11.0 Å². The number of rotatable bonds is 6. The molecule has 0 radical (unpaired) electrons. The van der Waals surface area contributed by atoms with Gasteiger partial charge in [-0.2, -0.15) is 13.2 Å². The number of halogens is 4. The number of alkyl halides is 3. The lowest BCUT2D eigenvalue weighted by molar-refractivity contribution is -0.137. The number of hydrogen-bond donors (Lipinski definition) is 1. The molecule has 3 aromatic rings. The Morgan fingerprint density at radius 2 is 2.07 bits per heavy atom. The minimum Gasteiger partial charge on any atom is -0.469 e. The predicted octanol–water partition coefficient (Wildman–Crippen LogP) is 5.66. The molecule has 1 atom stereocenters. The average Bonchev–Trinajstić information content (AvgIpc) is 3.27. The Morgan fingerprint density at radius 1 is 1.33 bits per heavy atom. The summed E-state index contributed by atoms with van der Waals surface area (Å²) in [6.45, 7) is 5.83. The number of aryl methyl sites for hydroxylation is 1. The summed E-state index contributed by atoms with van der Waals surface area (Å²) in [5.74, 6) is 0.678. The first-order chi connectivity index (χ1) is 14.1. The van der Waals surface area contributed by atoms with Crippen molar-refractivity contribution in [1.29, 1.82) is 0 Å². The number of nitrogens with one attached hydrogen (secondary N) is 1. The lowest BCUT2D eigenvalue weighted by atomic mass is 10.1. The first-order valence-corrected chi connectivity index (χ1v) is 10.2. The number of carbonyl (C=O) groups is 1. The topological polar surface area (TPSA) is 73.0 Å². The molecule has 30 heavy (non-hydrogen) atoms. The summed E-state index contributed by atoms with van der Waals surface area (Å²) in [5.41, 5.74) is -0.574. The monoisotopic (exact) mass is 458 g/mol. The largest absolute Gasteiger partial charge is 0.469 e. The van der Waals surface area contributed by atoms with Crippen LogP contribution in [0, 0.1) is 6.92 Å². The lowest BCUT2D eigenvalue weighted by Gasteiger charge is -2.16. The zero-order valence-corrected chi connectivity index (χ0v) is 17.8. The van der Waals surface area contributed by atoms with Crippen molar-refractivity contribution in [2.24, 2.45) is 0 Å². The molecule has 0 spiro atoms. The molecular formula is C19H18ClF3N4O2S. The standard InChI is InChI=1S/C19H18ClF3N4O2S/c1-4-27-16(13-7-8-29-10(13)2)25-26-18(27)30-11(3)17(28)24-15-6-5-12(20)9-14(15)19(21,22)23/h5-9,11H,4H2,1-3H3,(H,24,28). The molecule has 0 aliphatic heterocycles. The molecule has 0 aliphatic rings. The van der Waals surface area contributed by atoms with Crippen molar-refractivity contribution < 1.29 is 22.4 Å². The van der Waals surface area contributed by atoms with Crippen LogP contribution in [0.5, 0.6) is 0 Å². The van der Waals surface area contributed by atoms with Gasteiger partial charge >= 0.3 is 6.18 Å². The van der Waals surface area contributed by atoms with E-state index in [0.29, 0.717) is 23.3 Å². The fourth-order valence-electron chi connectivity index (χ4n) is 2.78. The van der Waals surface area contributed by atoms with Gasteiger partial charge in [-0.15, -0.1) is 10.2 Å². The van der Waals surface area contributed by atoms with Crippen LogP contribution in [0.3, 0.4) is 0 Å². The molecule has 6 nitrogen and oxygen atoms in total. The molecule has 0 saturated carbocycles. The number of anilines is 1. The molecule has 0 saturated heterocycles. The van der Waals surface area contributed by atoms with Gasteiger partial charge < -0.3 is 14.3 Å². The second-order valence-corrected chi connectivity index (χ2v) is 8.12. The fraction of sp³-hybridized carbons (Fsp3) is 0.316. The maximum atomic E-state index is 13.3. The second-order valence-electron chi connectivity index (χ2n) is 6.38. The van der Waals surface area contributed by atoms with Crippen molar-refractivity contribution in [3.63, 3.8) is 0 Å². The smallest absolute Gasteiger partial charge is 0.418 e. The van der Waals surface area contributed by atoms with Crippen LogP contribution in [-0.4, -0.2) is 25.9 Å². The zero-order valence-electron chi connectivity index (χ0n) is 16.2. The van der Waals surface area contributed by atoms with Gasteiger partial charge in [0.2, 0.25) is 5.91 Å². The lowest BCUT2D eigenvalue weighted by Crippen LogP contribution is -2.24. The SMILES string of the molecule is CCn1c(SC(C)C(=O)Nc2ccc(Cl)cc2C(F)(F)F)nnc1-c1ccoc1C. The van der Waals surface area contributed by atoms with E-state index in [-0.39, 0.29) is 10.7 Å². The molecule has 0 aliphatic carbocycles. The normalized spacial score (nSPS) is 12.8. The Balaban J connectivity index is 1.79. The second kappa shape index (κ2) is 8.73. The van der Waals surface area contributed by atoms with E-state index in [2.05, 4.69) is 15.5 Å². The van der Waals surface area contributed by atoms with E-state index in [9.17, 15) is 18.0 Å². The van der Waals surface area contributed by atoms with E-state index in [1.165, 1.54) is 6.07 Å². The molecular weight excluding hydrogens is 441 g/mol. The van der Waals surface area contributed by atoms with Crippen molar-refractivity contribution in [3.8, 4) is 11.4 Å². The van der Waals surface area contributed by atoms with E-state index in [4.69, 9.17) is 16.0 Å². The van der Waals surface area contributed by atoms with Crippen molar-refractivity contribution in [1.82, 2.24) is 14.8 Å². The van der Waals surface area contributed by atoms with Crippen LogP contribution in [0.15, 0.2) is 40.1 Å². The Kier molecular flexibility index (Phi) is 6.47. The highest BCUT2D eigenvalue weighted by Crippen LogP contribution is 2.37. The van der Waals surface area contributed by atoms with Gasteiger partial charge in [-0.05, 0) is 45.0 Å². The van der Waals surface area contributed by atoms with Crippen molar-refractivity contribution >= 4 is 35.0 Å². The minimum atomic E-state index is -4.65. The third kappa shape index (κ3) is 4.65. The van der Waals surface area contributed by atoms with Crippen LogP contribution in [0.4, 0.5) is 18.9 Å². The number of aromatic nitrogens is 3. The van der Waals surface area contributed by atoms with Gasteiger partial charge in [0.1, 0.15) is 5.76 Å². The minimum absolute atomic E-state index is 0.0686. The van der Waals surface area contributed by atoms with Crippen LogP contribution in [0.2, 0.25) is 5.02 Å². The number of thioether (sulfide) groups is 1. The third-order valence-corrected chi connectivity index (χ3v) is 5.64. The molecule has 1 aromatic carbocycles. The van der Waals surface area contributed by atoms with Gasteiger partial charge in [0, 0.05) is 11.6 Å². The Labute approximate surface area is 179 Å². The molecule has 11 heteroatoms. The molecule has 1 amide bonds. The van der Waals surface area contributed by atoms with Crippen LogP contribution in [0.25, 0.3) is 11.4 Å². The summed E-state index contributed by atoms with van der Waals surface area (Å²) in [5, 5.41) is 10.3. The molecule has 0 fully saturated rings. The molecule has 0 bridgehead atoms. The molecule has 1 N–H and O–H groups in total. The maximum Gasteiger partial charge on any atom is 0.418 e. The number of furan rings is 1. The van der Waals surface area contributed by atoms with E-state index >= 15 is 0 Å². The summed E-state index contributed by atoms with van der Waals surface area (Å²) in [7, 11) is 0. The quantitative estimate of drug-likeness (QED) is 0.482. The summed E-state index contributed by atoms with van der Waals surface area (Å²) in [4.78, 5) is 12.6. The van der Waals surface area contributed by atoms with E-state index in [1.807, 2.05) is 11.5 Å². The highest BCUT2D eigenvalue weighted by Gasteiger charge is 2.34. The molecule has 160 valence electrons. The van der Waals surface area contributed by atoms with Gasteiger partial charge in [0.05, 0.1) is 28.3 Å².